The van der Waals surface area contributed by atoms with Gasteiger partial charge < -0.3 is 4.74 Å². The maximum absolute atomic E-state index is 5.49. The first kappa shape index (κ1) is 11.7. The van der Waals surface area contributed by atoms with Crippen LogP contribution in [0.25, 0.3) is 0 Å². The molecule has 0 aliphatic rings. The topological polar surface area (TPSA) is 47.3 Å². The molecule has 0 amide bonds. The predicted molar refractivity (Wildman–Crippen MR) is 60.2 cm³/mol. The molecule has 1 heterocycles. The van der Waals surface area contributed by atoms with E-state index in [1.165, 1.54) is 4.88 Å². The van der Waals surface area contributed by atoms with Gasteiger partial charge in [-0.2, -0.15) is 0 Å². The second kappa shape index (κ2) is 6.14. The van der Waals surface area contributed by atoms with Crippen LogP contribution in [-0.4, -0.2) is 19.3 Å². The Morgan fingerprint density at radius 2 is 2.43 bits per heavy atom. The summed E-state index contributed by atoms with van der Waals surface area (Å²) < 4.78 is 5.21. The Hall–Kier alpha value is -0.420. The van der Waals surface area contributed by atoms with Crippen LogP contribution in [0.2, 0.25) is 0 Å². The van der Waals surface area contributed by atoms with E-state index in [1.807, 2.05) is 0 Å². The van der Waals surface area contributed by atoms with Gasteiger partial charge in [-0.3, -0.25) is 11.3 Å². The summed E-state index contributed by atoms with van der Waals surface area (Å²) in [4.78, 5) is 1.36. The number of hydrazine groups is 1. The first-order chi connectivity index (χ1) is 6.76. The number of hydrogen-bond donors (Lipinski definition) is 2. The van der Waals surface area contributed by atoms with E-state index in [-0.39, 0.29) is 6.10 Å². The molecule has 0 spiro atoms. The lowest BCUT2D eigenvalue weighted by Gasteiger charge is -2.18. The largest absolute Gasteiger partial charge is 0.382 e. The molecule has 4 heteroatoms. The highest BCUT2D eigenvalue weighted by molar-refractivity contribution is 7.09. The Kier molecular flexibility index (Phi) is 5.11. The van der Waals surface area contributed by atoms with E-state index in [4.69, 9.17) is 10.6 Å². The van der Waals surface area contributed by atoms with Gasteiger partial charge in [-0.1, -0.05) is 6.07 Å². The molecule has 2 atom stereocenters. The molecule has 0 fully saturated rings. The zero-order valence-electron chi connectivity index (χ0n) is 8.69. The van der Waals surface area contributed by atoms with Crippen molar-refractivity contribution in [2.75, 3.05) is 7.11 Å². The van der Waals surface area contributed by atoms with Crippen molar-refractivity contribution < 1.29 is 4.74 Å². The van der Waals surface area contributed by atoms with Crippen LogP contribution in [0.15, 0.2) is 17.5 Å². The number of methoxy groups -OCH3 is 1. The summed E-state index contributed by atoms with van der Waals surface area (Å²) in [5.74, 6) is 5.49. The molecule has 1 rings (SSSR count). The zero-order chi connectivity index (χ0) is 10.4. The van der Waals surface area contributed by atoms with E-state index in [0.717, 1.165) is 12.8 Å². The third kappa shape index (κ3) is 3.75. The number of nitrogens with two attached hydrogens (primary N) is 1. The van der Waals surface area contributed by atoms with Gasteiger partial charge in [-0.15, -0.1) is 11.3 Å². The summed E-state index contributed by atoms with van der Waals surface area (Å²) in [5, 5.41) is 2.09. The molecule has 0 aliphatic carbocycles. The number of nitrogens with one attached hydrogen (secondary N) is 1. The van der Waals surface area contributed by atoms with E-state index >= 15 is 0 Å². The summed E-state index contributed by atoms with van der Waals surface area (Å²) in [6, 6.07) is 4.49. The summed E-state index contributed by atoms with van der Waals surface area (Å²) >= 11 is 1.76. The standard InChI is InChI=1S/C10H18N2OS/c1-8(13-2)6-9(12-11)7-10-4-3-5-14-10/h3-5,8-9,12H,6-7,11H2,1-2H3. The van der Waals surface area contributed by atoms with E-state index in [0.29, 0.717) is 6.04 Å². The van der Waals surface area contributed by atoms with Gasteiger partial charge in [0.1, 0.15) is 0 Å². The van der Waals surface area contributed by atoms with Crippen LogP contribution in [0.1, 0.15) is 18.2 Å². The molecule has 1 aromatic rings. The Balaban J connectivity index is 2.39. The summed E-state index contributed by atoms with van der Waals surface area (Å²) in [6.07, 6.45) is 2.16. The van der Waals surface area contributed by atoms with Crippen LogP contribution in [0, 0.1) is 0 Å². The zero-order valence-corrected chi connectivity index (χ0v) is 9.51. The molecule has 1 aromatic heterocycles. The van der Waals surface area contributed by atoms with E-state index in [1.54, 1.807) is 18.4 Å². The third-order valence-corrected chi connectivity index (χ3v) is 3.18. The first-order valence-electron chi connectivity index (χ1n) is 4.77. The maximum atomic E-state index is 5.49. The minimum absolute atomic E-state index is 0.246. The highest BCUT2D eigenvalue weighted by Crippen LogP contribution is 2.13. The molecule has 0 aliphatic heterocycles. The molecular weight excluding hydrogens is 196 g/mol. The Labute approximate surface area is 89.2 Å². The molecule has 2 unspecified atom stereocenters. The van der Waals surface area contributed by atoms with Crippen molar-refractivity contribution in [2.45, 2.75) is 31.9 Å². The number of ether oxygens (including phenoxy) is 1. The van der Waals surface area contributed by atoms with Gasteiger partial charge in [-0.05, 0) is 31.2 Å². The number of thiophene rings is 1. The minimum atomic E-state index is 0.246. The number of rotatable bonds is 6. The predicted octanol–water partition coefficient (Wildman–Crippen LogP) is 1.55. The monoisotopic (exact) mass is 214 g/mol. The average Bonchev–Trinajstić information content (AvgIpc) is 2.69. The molecule has 0 radical (unpaired) electrons. The fourth-order valence-corrected chi connectivity index (χ4v) is 2.17. The lowest BCUT2D eigenvalue weighted by Crippen LogP contribution is -2.39. The van der Waals surface area contributed by atoms with Gasteiger partial charge >= 0.3 is 0 Å². The first-order valence-corrected chi connectivity index (χ1v) is 5.65. The normalized spacial score (nSPS) is 15.4. The lowest BCUT2D eigenvalue weighted by molar-refractivity contribution is 0.100. The SMILES string of the molecule is COC(C)CC(Cc1cccs1)NN. The maximum Gasteiger partial charge on any atom is 0.0558 e. The van der Waals surface area contributed by atoms with Gasteiger partial charge in [-0.25, -0.2) is 0 Å². The quantitative estimate of drug-likeness (QED) is 0.558. The molecule has 14 heavy (non-hydrogen) atoms. The van der Waals surface area contributed by atoms with Crippen molar-refractivity contribution in [1.82, 2.24) is 5.43 Å². The second-order valence-electron chi connectivity index (χ2n) is 3.43. The highest BCUT2D eigenvalue weighted by Gasteiger charge is 2.12. The summed E-state index contributed by atoms with van der Waals surface area (Å²) in [7, 11) is 1.73. The molecule has 3 N–H and O–H groups in total. The van der Waals surface area contributed by atoms with Crippen LogP contribution in [0.4, 0.5) is 0 Å². The Morgan fingerprint density at radius 1 is 1.64 bits per heavy atom. The van der Waals surface area contributed by atoms with Crippen LogP contribution in [0.5, 0.6) is 0 Å². The smallest absolute Gasteiger partial charge is 0.0558 e. The summed E-state index contributed by atoms with van der Waals surface area (Å²) in [6.45, 7) is 2.05. The Bertz CT molecular complexity index is 238. The van der Waals surface area contributed by atoms with Crippen LogP contribution in [-0.2, 0) is 11.2 Å². The van der Waals surface area contributed by atoms with Crippen molar-refractivity contribution in [3.05, 3.63) is 22.4 Å². The average molecular weight is 214 g/mol. The lowest BCUT2D eigenvalue weighted by atomic mass is 10.1. The minimum Gasteiger partial charge on any atom is -0.382 e. The van der Waals surface area contributed by atoms with Gasteiger partial charge in [0, 0.05) is 18.0 Å². The van der Waals surface area contributed by atoms with Gasteiger partial charge in [0.2, 0.25) is 0 Å². The third-order valence-electron chi connectivity index (χ3n) is 2.28. The van der Waals surface area contributed by atoms with Crippen LogP contribution >= 0.6 is 11.3 Å². The number of hydrogen-bond acceptors (Lipinski definition) is 4. The van der Waals surface area contributed by atoms with Gasteiger partial charge in [0.05, 0.1) is 6.10 Å². The van der Waals surface area contributed by atoms with Gasteiger partial charge in [0.25, 0.3) is 0 Å². The van der Waals surface area contributed by atoms with Crippen LogP contribution < -0.4 is 11.3 Å². The highest BCUT2D eigenvalue weighted by atomic mass is 32.1. The fraction of sp³-hybridized carbons (Fsp3) is 0.600. The molecule has 0 saturated carbocycles. The fourth-order valence-electron chi connectivity index (χ4n) is 1.38. The molecular formula is C10H18N2OS. The van der Waals surface area contributed by atoms with Gasteiger partial charge in [0.15, 0.2) is 0 Å². The second-order valence-corrected chi connectivity index (χ2v) is 4.46. The van der Waals surface area contributed by atoms with E-state index in [9.17, 15) is 0 Å². The molecule has 0 bridgehead atoms. The molecule has 80 valence electrons. The van der Waals surface area contributed by atoms with Crippen molar-refractivity contribution in [2.24, 2.45) is 5.84 Å². The molecule has 0 aromatic carbocycles. The van der Waals surface area contributed by atoms with Crippen molar-refractivity contribution in [3.8, 4) is 0 Å². The van der Waals surface area contributed by atoms with Crippen LogP contribution in [0.3, 0.4) is 0 Å². The van der Waals surface area contributed by atoms with Crippen molar-refractivity contribution in [1.29, 1.82) is 0 Å². The van der Waals surface area contributed by atoms with E-state index in [2.05, 4.69) is 29.9 Å². The Morgan fingerprint density at radius 3 is 2.93 bits per heavy atom. The summed E-state index contributed by atoms with van der Waals surface area (Å²) in [5.41, 5.74) is 2.83. The van der Waals surface area contributed by atoms with Crippen molar-refractivity contribution in [3.63, 3.8) is 0 Å². The van der Waals surface area contributed by atoms with E-state index < -0.39 is 0 Å². The molecule has 0 saturated heterocycles. The van der Waals surface area contributed by atoms with Crippen molar-refractivity contribution >= 4 is 11.3 Å². The molecule has 3 nitrogen and oxygen atoms in total.